The van der Waals surface area contributed by atoms with Crippen molar-refractivity contribution in [2.75, 3.05) is 12.4 Å². The van der Waals surface area contributed by atoms with Gasteiger partial charge >= 0.3 is 12.1 Å². The number of hydrogen-bond donors (Lipinski definition) is 2. The molecule has 2 aliphatic rings. The molecule has 4 rings (SSSR count). The highest BCUT2D eigenvalue weighted by Gasteiger charge is 2.42. The van der Waals surface area contributed by atoms with Crippen molar-refractivity contribution in [3.8, 4) is 0 Å². The number of rotatable bonds is 10. The predicted octanol–water partition coefficient (Wildman–Crippen LogP) is 7.41. The molecule has 0 bridgehead atoms. The number of methoxy groups -OCH3 is 1. The number of hydrogen-bond acceptors (Lipinski definition) is 5. The summed E-state index contributed by atoms with van der Waals surface area (Å²) in [6.45, 7) is 4.93. The molecule has 45 heavy (non-hydrogen) atoms. The van der Waals surface area contributed by atoms with Crippen LogP contribution in [0.1, 0.15) is 119 Å². The summed E-state index contributed by atoms with van der Waals surface area (Å²) in [6, 6.07) is 1.43. The minimum Gasteiger partial charge on any atom is -0.469 e. The number of anilines is 1. The molecule has 2 amide bonds. The Bertz CT molecular complexity index is 1330. The fourth-order valence-corrected chi connectivity index (χ4v) is 7.23. The Morgan fingerprint density at radius 2 is 1.53 bits per heavy atom. The number of halogens is 4. The van der Waals surface area contributed by atoms with Crippen LogP contribution in [0.15, 0.2) is 24.4 Å². The lowest BCUT2D eigenvalue weighted by Crippen LogP contribution is -2.53. The molecule has 1 heterocycles. The Hall–Kier alpha value is -3.44. The van der Waals surface area contributed by atoms with Crippen LogP contribution in [0.3, 0.4) is 0 Å². The van der Waals surface area contributed by atoms with Gasteiger partial charge in [0.2, 0.25) is 5.91 Å². The van der Waals surface area contributed by atoms with Crippen LogP contribution in [0.4, 0.5) is 23.2 Å². The summed E-state index contributed by atoms with van der Waals surface area (Å²) in [5, 5.41) is 9.57. The maximum Gasteiger partial charge on any atom is 0.416 e. The molecule has 0 radical (unpaired) electrons. The Balaban J connectivity index is 1.75. The van der Waals surface area contributed by atoms with Gasteiger partial charge in [0.15, 0.2) is 0 Å². The van der Waals surface area contributed by atoms with Crippen molar-refractivity contribution in [3.05, 3.63) is 47.0 Å². The number of esters is 1. The van der Waals surface area contributed by atoms with E-state index in [1.54, 1.807) is 6.07 Å². The Morgan fingerprint density at radius 3 is 2.04 bits per heavy atom. The molecule has 1 aromatic carbocycles. The summed E-state index contributed by atoms with van der Waals surface area (Å²) in [7, 11) is 1.04. The third-order valence-electron chi connectivity index (χ3n) is 9.46. The van der Waals surface area contributed by atoms with Gasteiger partial charge in [-0.1, -0.05) is 64.2 Å². The molecule has 12 heteroatoms. The summed E-state index contributed by atoms with van der Waals surface area (Å²) in [5.74, 6) is -4.84. The number of nitrogens with one attached hydrogen (secondary N) is 2. The molecule has 248 valence electrons. The summed E-state index contributed by atoms with van der Waals surface area (Å²) >= 11 is 0. The highest BCUT2D eigenvalue weighted by molar-refractivity contribution is 6.01. The first-order valence-electron chi connectivity index (χ1n) is 16.0. The number of aromatic nitrogens is 2. The lowest BCUT2D eigenvalue weighted by atomic mass is 9.66. The van der Waals surface area contributed by atoms with Crippen LogP contribution in [0, 0.1) is 23.6 Å². The third kappa shape index (κ3) is 8.05. The van der Waals surface area contributed by atoms with E-state index in [1.807, 2.05) is 13.8 Å². The fraction of sp³-hybridized carbons (Fsp3) is 0.636. The molecule has 2 fully saturated rings. The third-order valence-corrected chi connectivity index (χ3v) is 9.46. The van der Waals surface area contributed by atoms with Crippen molar-refractivity contribution in [1.82, 2.24) is 15.1 Å². The van der Waals surface area contributed by atoms with E-state index in [4.69, 9.17) is 0 Å². The molecule has 0 aliphatic heterocycles. The standard InChI is InChI=1S/C33H44F4N4O4/c1-19(2)41-27(15-16-38-41)30(42)40-29(28(21-11-7-5-8-12-21)22-13-9-6-10-14-22)31(43)39-26-18-24(33(35,36)37)23(17-25(26)34)20(3)32(44)45-4/h15-22,28-29H,5-14H2,1-4H3,(H,39,43)(H,40,42)/t20?,29-/m0/s1. The second kappa shape index (κ2) is 14.8. The van der Waals surface area contributed by atoms with Crippen molar-refractivity contribution < 1.29 is 36.7 Å². The predicted molar refractivity (Wildman–Crippen MR) is 161 cm³/mol. The molecular formula is C33H44F4N4O4. The minimum absolute atomic E-state index is 0.117. The first-order valence-corrected chi connectivity index (χ1v) is 16.0. The molecule has 0 saturated heterocycles. The van der Waals surface area contributed by atoms with Crippen LogP contribution in [0.5, 0.6) is 0 Å². The van der Waals surface area contributed by atoms with E-state index < -0.39 is 58.6 Å². The summed E-state index contributed by atoms with van der Waals surface area (Å²) in [5.41, 5.74) is -2.28. The SMILES string of the molecule is COC(=O)C(C)c1cc(F)c(NC(=O)[C@@H](NC(=O)c2ccnn2C(C)C)C(C2CCCCC2)C2CCCCC2)cc1C(F)(F)F. The zero-order chi connectivity index (χ0) is 32.9. The van der Waals surface area contributed by atoms with E-state index in [9.17, 15) is 27.6 Å². The van der Waals surface area contributed by atoms with E-state index in [-0.39, 0.29) is 29.5 Å². The molecule has 2 aromatic rings. The van der Waals surface area contributed by atoms with Crippen LogP contribution < -0.4 is 10.6 Å². The molecule has 2 N–H and O–H groups in total. The van der Waals surface area contributed by atoms with Crippen LogP contribution in [-0.2, 0) is 20.5 Å². The lowest BCUT2D eigenvalue weighted by molar-refractivity contribution is -0.143. The molecular weight excluding hydrogens is 592 g/mol. The van der Waals surface area contributed by atoms with Gasteiger partial charge in [-0.2, -0.15) is 18.3 Å². The van der Waals surface area contributed by atoms with Crippen molar-refractivity contribution in [3.63, 3.8) is 0 Å². The number of nitrogens with zero attached hydrogens (tertiary/aromatic N) is 2. The molecule has 2 atom stereocenters. The number of ether oxygens (including phenoxy) is 1. The maximum absolute atomic E-state index is 15.5. The maximum atomic E-state index is 15.5. The number of carbonyl (C=O) groups is 3. The van der Waals surface area contributed by atoms with Crippen molar-refractivity contribution in [2.45, 2.75) is 109 Å². The highest BCUT2D eigenvalue weighted by Crippen LogP contribution is 2.43. The molecule has 0 spiro atoms. The average molecular weight is 637 g/mol. The smallest absolute Gasteiger partial charge is 0.416 e. The van der Waals surface area contributed by atoms with Gasteiger partial charge in [-0.3, -0.25) is 19.1 Å². The first-order chi connectivity index (χ1) is 21.3. The zero-order valence-corrected chi connectivity index (χ0v) is 26.4. The van der Waals surface area contributed by atoms with Crippen LogP contribution in [0.25, 0.3) is 0 Å². The topological polar surface area (TPSA) is 102 Å². The number of amides is 2. The summed E-state index contributed by atoms with van der Waals surface area (Å²) in [4.78, 5) is 40.0. The van der Waals surface area contributed by atoms with Crippen molar-refractivity contribution in [2.24, 2.45) is 17.8 Å². The van der Waals surface area contributed by atoms with Crippen molar-refractivity contribution in [1.29, 1.82) is 0 Å². The zero-order valence-electron chi connectivity index (χ0n) is 26.4. The van der Waals surface area contributed by atoms with Gasteiger partial charge in [-0.15, -0.1) is 0 Å². The Kier molecular flexibility index (Phi) is 11.3. The molecule has 1 aromatic heterocycles. The van der Waals surface area contributed by atoms with Gasteiger partial charge in [-0.25, -0.2) is 4.39 Å². The Labute approximate surface area is 261 Å². The first kappa shape index (κ1) is 34.4. The van der Waals surface area contributed by atoms with Gasteiger partial charge in [-0.05, 0) is 62.3 Å². The number of benzene rings is 1. The van der Waals surface area contributed by atoms with Gasteiger partial charge in [0, 0.05) is 12.2 Å². The van der Waals surface area contributed by atoms with E-state index >= 15 is 4.39 Å². The van der Waals surface area contributed by atoms with Crippen molar-refractivity contribution >= 4 is 23.5 Å². The molecule has 1 unspecified atom stereocenters. The normalized spacial score (nSPS) is 18.1. The van der Waals surface area contributed by atoms with E-state index in [0.29, 0.717) is 12.1 Å². The number of alkyl halides is 3. The number of carbonyl (C=O) groups excluding carboxylic acids is 3. The fourth-order valence-electron chi connectivity index (χ4n) is 7.23. The largest absolute Gasteiger partial charge is 0.469 e. The Morgan fingerprint density at radius 1 is 0.956 bits per heavy atom. The van der Waals surface area contributed by atoms with Crippen LogP contribution in [0.2, 0.25) is 0 Å². The second-order valence-corrected chi connectivity index (χ2v) is 12.7. The van der Waals surface area contributed by atoms with E-state index in [1.165, 1.54) is 17.8 Å². The molecule has 2 saturated carbocycles. The van der Waals surface area contributed by atoms with Gasteiger partial charge in [0.25, 0.3) is 5.91 Å². The quantitative estimate of drug-likeness (QED) is 0.209. The molecule has 2 aliphatic carbocycles. The van der Waals surface area contributed by atoms with Gasteiger partial charge < -0.3 is 15.4 Å². The van der Waals surface area contributed by atoms with E-state index in [2.05, 4.69) is 20.5 Å². The van der Waals surface area contributed by atoms with Gasteiger partial charge in [0.1, 0.15) is 17.6 Å². The monoisotopic (exact) mass is 636 g/mol. The molecule has 8 nitrogen and oxygen atoms in total. The summed E-state index contributed by atoms with van der Waals surface area (Å²) in [6.07, 6.45) is 6.14. The van der Waals surface area contributed by atoms with E-state index in [0.717, 1.165) is 71.3 Å². The lowest BCUT2D eigenvalue weighted by Gasteiger charge is -2.42. The summed E-state index contributed by atoms with van der Waals surface area (Å²) < 4.78 is 64.1. The average Bonchev–Trinajstić information content (AvgIpc) is 3.52. The minimum atomic E-state index is -4.94. The van der Waals surface area contributed by atoms with Crippen LogP contribution >= 0.6 is 0 Å². The second-order valence-electron chi connectivity index (χ2n) is 12.7. The van der Waals surface area contributed by atoms with Gasteiger partial charge in [0.05, 0.1) is 24.3 Å². The highest BCUT2D eigenvalue weighted by atomic mass is 19.4. The van der Waals surface area contributed by atoms with Crippen LogP contribution in [-0.4, -0.2) is 40.7 Å².